The molecular weight excluding hydrogens is 356 g/mol. The van der Waals surface area contributed by atoms with Gasteiger partial charge in [-0.15, -0.1) is 0 Å². The van der Waals surface area contributed by atoms with Crippen molar-refractivity contribution in [3.8, 4) is 0 Å². The predicted molar refractivity (Wildman–Crippen MR) is 104 cm³/mol. The quantitative estimate of drug-likeness (QED) is 0.796. The Morgan fingerprint density at radius 2 is 1.79 bits per heavy atom. The summed E-state index contributed by atoms with van der Waals surface area (Å²) in [5, 5.41) is 0. The molecule has 7 heteroatoms. The number of likely N-dealkylation sites (tertiary alicyclic amines) is 1. The van der Waals surface area contributed by atoms with E-state index in [1.54, 1.807) is 11.1 Å². The van der Waals surface area contributed by atoms with Gasteiger partial charge in [-0.25, -0.2) is 9.97 Å². The standard InChI is InChI=1S/C21H30N4O3/c1-15-18(21(27)24-9-11-28-12-10-24)13-22-19(23-15)17-7-4-8-25(14-17)20(26)16-5-2-3-6-16/h13,16-17H,2-12,14H2,1H3/t17-/m0/s1. The van der Waals surface area contributed by atoms with Crippen LogP contribution in [0.25, 0.3) is 0 Å². The van der Waals surface area contributed by atoms with Crippen LogP contribution in [0.15, 0.2) is 6.20 Å². The second-order valence-electron chi connectivity index (χ2n) is 8.24. The van der Waals surface area contributed by atoms with Crippen LogP contribution in [-0.4, -0.2) is 71.0 Å². The van der Waals surface area contributed by atoms with E-state index in [1.807, 2.05) is 11.8 Å². The molecule has 152 valence electrons. The molecule has 0 unspecified atom stereocenters. The molecule has 2 amide bonds. The van der Waals surface area contributed by atoms with E-state index in [0.29, 0.717) is 44.3 Å². The largest absolute Gasteiger partial charge is 0.378 e. The molecule has 2 saturated heterocycles. The van der Waals surface area contributed by atoms with Gasteiger partial charge in [0.2, 0.25) is 5.91 Å². The van der Waals surface area contributed by atoms with Crippen LogP contribution in [0.1, 0.15) is 66.3 Å². The lowest BCUT2D eigenvalue weighted by Crippen LogP contribution is -2.42. The summed E-state index contributed by atoms with van der Waals surface area (Å²) in [6, 6.07) is 0. The van der Waals surface area contributed by atoms with Gasteiger partial charge in [0.25, 0.3) is 5.91 Å². The van der Waals surface area contributed by atoms with Crippen LogP contribution in [0.4, 0.5) is 0 Å². The minimum atomic E-state index is -0.0194. The van der Waals surface area contributed by atoms with Crippen molar-refractivity contribution in [3.05, 3.63) is 23.3 Å². The summed E-state index contributed by atoms with van der Waals surface area (Å²) >= 11 is 0. The second-order valence-corrected chi connectivity index (χ2v) is 8.24. The molecule has 1 aromatic rings. The maximum Gasteiger partial charge on any atom is 0.257 e. The van der Waals surface area contributed by atoms with Gasteiger partial charge < -0.3 is 14.5 Å². The fourth-order valence-corrected chi connectivity index (χ4v) is 4.65. The molecule has 0 bridgehead atoms. The Balaban J connectivity index is 1.44. The molecule has 7 nitrogen and oxygen atoms in total. The summed E-state index contributed by atoms with van der Waals surface area (Å²) in [4.78, 5) is 38.6. The highest BCUT2D eigenvalue weighted by atomic mass is 16.5. The average Bonchev–Trinajstić information content (AvgIpc) is 3.28. The maximum absolute atomic E-state index is 12.8. The molecule has 4 rings (SSSR count). The summed E-state index contributed by atoms with van der Waals surface area (Å²) in [5.41, 5.74) is 1.29. The van der Waals surface area contributed by atoms with Crippen LogP contribution in [0.3, 0.4) is 0 Å². The first kappa shape index (κ1) is 19.3. The van der Waals surface area contributed by atoms with E-state index < -0.39 is 0 Å². The van der Waals surface area contributed by atoms with E-state index in [9.17, 15) is 9.59 Å². The normalized spacial score (nSPS) is 23.8. The topological polar surface area (TPSA) is 75.6 Å². The molecule has 3 heterocycles. The SMILES string of the molecule is Cc1nc([C@H]2CCCN(C(=O)C3CCCC3)C2)ncc1C(=O)N1CCOCC1. The number of hydrogen-bond donors (Lipinski definition) is 0. The van der Waals surface area contributed by atoms with Gasteiger partial charge in [0.15, 0.2) is 0 Å². The number of piperidine rings is 1. The van der Waals surface area contributed by atoms with Gasteiger partial charge in [-0.05, 0) is 32.6 Å². The number of amides is 2. The number of carbonyl (C=O) groups is 2. The minimum Gasteiger partial charge on any atom is -0.378 e. The van der Waals surface area contributed by atoms with E-state index in [2.05, 4.69) is 9.97 Å². The number of hydrogen-bond acceptors (Lipinski definition) is 5. The maximum atomic E-state index is 12.8. The van der Waals surface area contributed by atoms with Gasteiger partial charge in [0, 0.05) is 44.2 Å². The third-order valence-electron chi connectivity index (χ3n) is 6.33. The molecule has 1 atom stereocenters. The first-order valence-electron chi connectivity index (χ1n) is 10.6. The van der Waals surface area contributed by atoms with Crippen molar-refractivity contribution in [1.29, 1.82) is 0 Å². The minimum absolute atomic E-state index is 0.0194. The molecule has 0 radical (unpaired) electrons. The van der Waals surface area contributed by atoms with Crippen LogP contribution in [0.5, 0.6) is 0 Å². The number of aromatic nitrogens is 2. The number of carbonyl (C=O) groups excluding carboxylic acids is 2. The van der Waals surface area contributed by atoms with Gasteiger partial charge in [0.05, 0.1) is 24.5 Å². The summed E-state index contributed by atoms with van der Waals surface area (Å²) in [6.45, 7) is 5.81. The van der Waals surface area contributed by atoms with E-state index in [1.165, 1.54) is 12.8 Å². The zero-order chi connectivity index (χ0) is 19.5. The second kappa shape index (κ2) is 8.55. The summed E-state index contributed by atoms with van der Waals surface area (Å²) in [5.74, 6) is 1.44. The van der Waals surface area contributed by atoms with E-state index >= 15 is 0 Å². The number of morpholine rings is 1. The first-order valence-corrected chi connectivity index (χ1v) is 10.6. The molecule has 1 aliphatic carbocycles. The van der Waals surface area contributed by atoms with Crippen molar-refractivity contribution in [2.45, 2.75) is 51.4 Å². The summed E-state index contributed by atoms with van der Waals surface area (Å²) < 4.78 is 5.32. The van der Waals surface area contributed by atoms with E-state index in [-0.39, 0.29) is 17.7 Å². The van der Waals surface area contributed by atoms with Crippen LogP contribution < -0.4 is 0 Å². The smallest absolute Gasteiger partial charge is 0.257 e. The number of rotatable bonds is 3. The Labute approximate surface area is 166 Å². The third-order valence-corrected chi connectivity index (χ3v) is 6.33. The molecule has 1 aromatic heterocycles. The molecule has 0 spiro atoms. The van der Waals surface area contributed by atoms with E-state index in [4.69, 9.17) is 4.74 Å². The van der Waals surface area contributed by atoms with Crippen LogP contribution in [-0.2, 0) is 9.53 Å². The third kappa shape index (κ3) is 4.04. The molecule has 3 aliphatic rings. The Morgan fingerprint density at radius 1 is 1.04 bits per heavy atom. The van der Waals surface area contributed by atoms with Crippen molar-refractivity contribution < 1.29 is 14.3 Å². The molecule has 0 aromatic carbocycles. The Kier molecular flexibility index (Phi) is 5.90. The van der Waals surface area contributed by atoms with Gasteiger partial charge in [-0.3, -0.25) is 9.59 Å². The summed E-state index contributed by atoms with van der Waals surface area (Å²) in [6.07, 6.45) is 8.07. The zero-order valence-electron chi connectivity index (χ0n) is 16.7. The highest BCUT2D eigenvalue weighted by Crippen LogP contribution is 2.30. The molecular formula is C21H30N4O3. The van der Waals surface area contributed by atoms with Crippen molar-refractivity contribution in [2.75, 3.05) is 39.4 Å². The van der Waals surface area contributed by atoms with E-state index in [0.717, 1.165) is 43.7 Å². The highest BCUT2D eigenvalue weighted by Gasteiger charge is 2.32. The molecule has 0 N–H and O–H groups in total. The molecule has 28 heavy (non-hydrogen) atoms. The fourth-order valence-electron chi connectivity index (χ4n) is 4.65. The lowest BCUT2D eigenvalue weighted by molar-refractivity contribution is -0.136. The first-order chi connectivity index (χ1) is 13.6. The van der Waals surface area contributed by atoms with Crippen molar-refractivity contribution in [1.82, 2.24) is 19.8 Å². The number of ether oxygens (including phenoxy) is 1. The van der Waals surface area contributed by atoms with Gasteiger partial charge in [-0.1, -0.05) is 12.8 Å². The Morgan fingerprint density at radius 3 is 2.50 bits per heavy atom. The summed E-state index contributed by atoms with van der Waals surface area (Å²) in [7, 11) is 0. The van der Waals surface area contributed by atoms with Crippen molar-refractivity contribution >= 4 is 11.8 Å². The van der Waals surface area contributed by atoms with Crippen molar-refractivity contribution in [2.24, 2.45) is 5.92 Å². The van der Waals surface area contributed by atoms with Crippen LogP contribution >= 0.6 is 0 Å². The number of aryl methyl sites for hydroxylation is 1. The van der Waals surface area contributed by atoms with Crippen LogP contribution in [0.2, 0.25) is 0 Å². The van der Waals surface area contributed by atoms with Crippen molar-refractivity contribution in [3.63, 3.8) is 0 Å². The predicted octanol–water partition coefficient (Wildman–Crippen LogP) is 2.15. The van der Waals surface area contributed by atoms with Crippen LogP contribution in [0, 0.1) is 12.8 Å². The fraction of sp³-hybridized carbons (Fsp3) is 0.714. The van der Waals surface area contributed by atoms with Gasteiger partial charge in [0.1, 0.15) is 5.82 Å². The average molecular weight is 386 g/mol. The van der Waals surface area contributed by atoms with Gasteiger partial charge >= 0.3 is 0 Å². The Bertz CT molecular complexity index is 726. The molecule has 1 saturated carbocycles. The monoisotopic (exact) mass is 386 g/mol. The number of nitrogens with zero attached hydrogens (tertiary/aromatic N) is 4. The highest BCUT2D eigenvalue weighted by molar-refractivity contribution is 5.95. The lowest BCUT2D eigenvalue weighted by atomic mass is 9.95. The van der Waals surface area contributed by atoms with Gasteiger partial charge in [-0.2, -0.15) is 0 Å². The zero-order valence-corrected chi connectivity index (χ0v) is 16.7. The molecule has 2 aliphatic heterocycles. The Hall–Kier alpha value is -2.02. The molecule has 3 fully saturated rings. The lowest BCUT2D eigenvalue weighted by Gasteiger charge is -2.34.